The van der Waals surface area contributed by atoms with Gasteiger partial charge in [-0.25, -0.2) is 9.97 Å². The van der Waals surface area contributed by atoms with Gasteiger partial charge in [0.1, 0.15) is 22.8 Å². The number of aromatic nitrogens is 2. The molecule has 0 aliphatic heterocycles. The first-order chi connectivity index (χ1) is 11.0. The van der Waals surface area contributed by atoms with Crippen LogP contribution in [0, 0.1) is 5.41 Å². The van der Waals surface area contributed by atoms with E-state index in [1.165, 1.54) is 12.4 Å². The van der Waals surface area contributed by atoms with Crippen molar-refractivity contribution < 1.29 is 8.62 Å². The topological polar surface area (TPSA) is 70.9 Å². The zero-order valence-electron chi connectivity index (χ0n) is 12.3. The number of anilines is 1. The Hall–Kier alpha value is -1.86. The predicted octanol–water partition coefficient (Wildman–Crippen LogP) is 4.42. The molecule has 1 aromatic carbocycles. The number of rotatable bonds is 6. The second-order valence-electron chi connectivity index (χ2n) is 5.54. The molecule has 1 aliphatic carbocycles. The van der Waals surface area contributed by atoms with E-state index in [1.807, 2.05) is 6.92 Å². The molecule has 3 rings (SSSR count). The van der Waals surface area contributed by atoms with E-state index in [1.54, 1.807) is 18.2 Å². The van der Waals surface area contributed by atoms with Crippen LogP contribution in [0.15, 0.2) is 30.6 Å². The van der Waals surface area contributed by atoms with Crippen LogP contribution >= 0.6 is 23.9 Å². The van der Waals surface area contributed by atoms with Gasteiger partial charge in [0.15, 0.2) is 12.3 Å². The Kier molecular flexibility index (Phi) is 4.41. The molecule has 23 heavy (non-hydrogen) atoms. The summed E-state index contributed by atoms with van der Waals surface area (Å²) in [6.45, 7) is 2.03. The lowest BCUT2D eigenvalue weighted by atomic mass is 10.0. The van der Waals surface area contributed by atoms with Gasteiger partial charge in [0.2, 0.25) is 0 Å². The Morgan fingerprint density at radius 1 is 1.39 bits per heavy atom. The van der Waals surface area contributed by atoms with Crippen molar-refractivity contribution in [2.24, 2.45) is 0 Å². The number of ether oxygens (including phenoxy) is 1. The molecular formula is C15H14ClFN4OS. The van der Waals surface area contributed by atoms with Crippen LogP contribution in [-0.2, 0) is 0 Å². The predicted molar refractivity (Wildman–Crippen MR) is 90.0 cm³/mol. The molecule has 0 bridgehead atoms. The summed E-state index contributed by atoms with van der Waals surface area (Å²) >= 11 is 5.82. The van der Waals surface area contributed by atoms with Crippen LogP contribution in [0.25, 0.3) is 0 Å². The smallest absolute Gasteiger partial charge is 0.162 e. The van der Waals surface area contributed by atoms with Crippen molar-refractivity contribution >= 4 is 35.3 Å². The van der Waals surface area contributed by atoms with Gasteiger partial charge in [-0.3, -0.25) is 5.41 Å². The molecule has 1 aromatic heterocycles. The lowest BCUT2D eigenvalue weighted by molar-refractivity contribution is 0.200. The van der Waals surface area contributed by atoms with Crippen molar-refractivity contribution in [3.8, 4) is 5.75 Å². The van der Waals surface area contributed by atoms with E-state index in [-0.39, 0.29) is 28.8 Å². The molecule has 0 atom stereocenters. The monoisotopic (exact) mass is 352 g/mol. The quantitative estimate of drug-likeness (QED) is 0.457. The highest BCUT2D eigenvalue weighted by molar-refractivity contribution is 7.95. The second-order valence-corrected chi connectivity index (χ2v) is 6.29. The molecule has 2 N–H and O–H groups in total. The lowest BCUT2D eigenvalue weighted by Crippen LogP contribution is -2.13. The molecule has 2 aromatic rings. The zero-order chi connectivity index (χ0) is 16.4. The molecule has 0 saturated heterocycles. The molecule has 1 heterocycles. The summed E-state index contributed by atoms with van der Waals surface area (Å²) in [5.74, 6) is 0.638. The summed E-state index contributed by atoms with van der Waals surface area (Å²) in [5, 5.41) is 8.60. The average molecular weight is 353 g/mol. The van der Waals surface area contributed by atoms with Crippen LogP contribution in [0.1, 0.15) is 31.0 Å². The fourth-order valence-corrected chi connectivity index (χ4v) is 2.50. The highest BCUT2D eigenvalue weighted by Gasteiger charge is 2.40. The van der Waals surface area contributed by atoms with E-state index in [2.05, 4.69) is 14.7 Å². The summed E-state index contributed by atoms with van der Waals surface area (Å²) < 4.78 is 21.1. The van der Waals surface area contributed by atoms with Gasteiger partial charge in [-0.05, 0) is 38.0 Å². The van der Waals surface area contributed by atoms with Crippen molar-refractivity contribution in [1.29, 1.82) is 5.41 Å². The number of benzene rings is 1. The maximum Gasteiger partial charge on any atom is 0.162 e. The van der Waals surface area contributed by atoms with Crippen LogP contribution in [0.5, 0.6) is 5.75 Å². The number of halogens is 2. The minimum absolute atomic E-state index is 0.0303. The Balaban J connectivity index is 1.96. The third-order valence-corrected chi connectivity index (χ3v) is 4.12. The molecule has 1 fully saturated rings. The second kappa shape index (κ2) is 6.33. The highest BCUT2D eigenvalue weighted by Crippen LogP contribution is 2.40. The highest BCUT2D eigenvalue weighted by atomic mass is 35.5. The van der Waals surface area contributed by atoms with Crippen LogP contribution in [0.3, 0.4) is 0 Å². The Labute approximate surface area is 142 Å². The fourth-order valence-electron chi connectivity index (χ4n) is 2.10. The first kappa shape index (κ1) is 16.0. The van der Waals surface area contributed by atoms with E-state index < -0.39 is 0 Å². The summed E-state index contributed by atoms with van der Waals surface area (Å²) in [6.07, 6.45) is 3.29. The Morgan fingerprint density at radius 3 is 2.83 bits per heavy atom. The van der Waals surface area contributed by atoms with E-state index >= 15 is 0 Å². The molecule has 8 heteroatoms. The average Bonchev–Trinajstić information content (AvgIpc) is 3.25. The minimum atomic E-state index is -0.137. The van der Waals surface area contributed by atoms with E-state index in [0.29, 0.717) is 22.7 Å². The maximum absolute atomic E-state index is 12.6. The van der Waals surface area contributed by atoms with Crippen molar-refractivity contribution in [3.05, 3.63) is 47.0 Å². The van der Waals surface area contributed by atoms with Gasteiger partial charge in [0.25, 0.3) is 0 Å². The molecule has 0 amide bonds. The first-order valence-electron chi connectivity index (χ1n) is 6.94. The van der Waals surface area contributed by atoms with Gasteiger partial charge in [0, 0.05) is 11.6 Å². The van der Waals surface area contributed by atoms with Gasteiger partial charge in [-0.1, -0.05) is 11.6 Å². The van der Waals surface area contributed by atoms with E-state index in [9.17, 15) is 3.89 Å². The molecule has 0 unspecified atom stereocenters. The van der Waals surface area contributed by atoms with Crippen molar-refractivity contribution in [3.63, 3.8) is 0 Å². The summed E-state index contributed by atoms with van der Waals surface area (Å²) in [7, 11) is 0. The fraction of sp³-hybridized carbons (Fsp3) is 0.267. The summed E-state index contributed by atoms with van der Waals surface area (Å²) in [5.41, 5.74) is 1.27. The SMILES string of the molecule is CC1(Oc2ccc(NSF)c(C(=N)c3cc(Cl)ncn3)c2)CC1. The van der Waals surface area contributed by atoms with Crippen molar-refractivity contribution in [2.75, 3.05) is 4.72 Å². The van der Waals surface area contributed by atoms with Gasteiger partial charge < -0.3 is 9.46 Å². The van der Waals surface area contributed by atoms with Gasteiger partial charge in [0.05, 0.1) is 17.1 Å². The van der Waals surface area contributed by atoms with Crippen LogP contribution in [0.4, 0.5) is 9.57 Å². The van der Waals surface area contributed by atoms with Crippen LogP contribution in [0.2, 0.25) is 5.15 Å². The number of hydrogen-bond donors (Lipinski definition) is 2. The third kappa shape index (κ3) is 3.73. The van der Waals surface area contributed by atoms with Crippen LogP contribution in [-0.4, -0.2) is 21.3 Å². The number of nitrogens with zero attached hydrogens (tertiary/aromatic N) is 2. The zero-order valence-corrected chi connectivity index (χ0v) is 13.8. The lowest BCUT2D eigenvalue weighted by Gasteiger charge is -2.16. The molecule has 5 nitrogen and oxygen atoms in total. The largest absolute Gasteiger partial charge is 0.488 e. The van der Waals surface area contributed by atoms with Crippen LogP contribution < -0.4 is 9.46 Å². The third-order valence-electron chi connectivity index (χ3n) is 3.62. The molecule has 1 saturated carbocycles. The normalized spacial score (nSPS) is 15.1. The van der Waals surface area contributed by atoms with Gasteiger partial charge in [-0.15, -0.1) is 3.89 Å². The standard InChI is InChI=1S/C15H14ClFN4OS/c1-15(4-5-15)22-9-2-3-11(21-23-17)10(6-9)14(18)12-7-13(16)20-8-19-12/h2-3,6-8,18,21H,4-5H2,1H3. The van der Waals surface area contributed by atoms with Crippen molar-refractivity contribution in [1.82, 2.24) is 9.97 Å². The molecule has 120 valence electrons. The van der Waals surface area contributed by atoms with Gasteiger partial charge in [-0.2, -0.15) is 0 Å². The molecule has 0 radical (unpaired) electrons. The number of nitrogens with one attached hydrogen (secondary N) is 2. The summed E-state index contributed by atoms with van der Waals surface area (Å²) in [6, 6.07) is 6.64. The summed E-state index contributed by atoms with van der Waals surface area (Å²) in [4.78, 5) is 7.85. The minimum Gasteiger partial charge on any atom is -0.488 e. The maximum atomic E-state index is 12.6. The van der Waals surface area contributed by atoms with Gasteiger partial charge >= 0.3 is 0 Å². The Morgan fingerprint density at radius 2 is 2.17 bits per heavy atom. The number of hydrogen-bond acceptors (Lipinski definition) is 6. The Bertz CT molecular complexity index is 754. The molecule has 0 spiro atoms. The molecule has 1 aliphatic rings. The van der Waals surface area contributed by atoms with Crippen molar-refractivity contribution in [2.45, 2.75) is 25.4 Å². The molecular weight excluding hydrogens is 339 g/mol. The first-order valence-corrected chi connectivity index (χ1v) is 8.04. The van der Waals surface area contributed by atoms with E-state index in [4.69, 9.17) is 21.7 Å². The van der Waals surface area contributed by atoms with E-state index in [0.717, 1.165) is 12.8 Å².